The first-order valence-corrected chi connectivity index (χ1v) is 4.71. The lowest BCUT2D eigenvalue weighted by Gasteiger charge is -2.08. The third kappa shape index (κ3) is 2.36. The zero-order valence-corrected chi connectivity index (χ0v) is 8.60. The van der Waals surface area contributed by atoms with E-state index in [0.717, 1.165) is 5.56 Å². The lowest BCUT2D eigenvalue weighted by Crippen LogP contribution is -2.03. The summed E-state index contributed by atoms with van der Waals surface area (Å²) in [7, 11) is 0. The molecular weight excluding hydrogens is 214 g/mol. The lowest BCUT2D eigenvalue weighted by atomic mass is 10.2. The average molecular weight is 224 g/mol. The molecule has 0 spiro atoms. The van der Waals surface area contributed by atoms with Crippen molar-refractivity contribution in [2.24, 2.45) is 0 Å². The molecule has 0 radical (unpaired) electrons. The molecule has 84 valence electrons. The zero-order valence-electron chi connectivity index (χ0n) is 8.60. The molecule has 2 aromatic rings. The predicted molar refractivity (Wildman–Crippen MR) is 54.9 cm³/mol. The molecule has 0 fully saturated rings. The van der Waals surface area contributed by atoms with Crippen molar-refractivity contribution >= 4 is 0 Å². The smallest absolute Gasteiger partial charge is 0.387 e. The van der Waals surface area contributed by atoms with E-state index < -0.39 is 6.61 Å². The molecule has 3 nitrogen and oxygen atoms in total. The number of rotatable bonds is 3. The molecule has 16 heavy (non-hydrogen) atoms. The summed E-state index contributed by atoms with van der Waals surface area (Å²) in [5, 5.41) is 4.02. The summed E-state index contributed by atoms with van der Waals surface area (Å²) in [5.41, 5.74) is 1.53. The molecule has 5 heteroatoms. The van der Waals surface area contributed by atoms with Gasteiger partial charge in [0.1, 0.15) is 5.75 Å². The van der Waals surface area contributed by atoms with E-state index in [0.29, 0.717) is 5.69 Å². The molecule has 0 N–H and O–H groups in total. The zero-order chi connectivity index (χ0) is 11.5. The lowest BCUT2D eigenvalue weighted by molar-refractivity contribution is -0.0498. The van der Waals surface area contributed by atoms with Crippen molar-refractivity contribution in [3.63, 3.8) is 0 Å². The average Bonchev–Trinajstić information content (AvgIpc) is 2.67. The van der Waals surface area contributed by atoms with E-state index in [-0.39, 0.29) is 5.75 Å². The van der Waals surface area contributed by atoms with E-state index in [4.69, 9.17) is 0 Å². The summed E-state index contributed by atoms with van der Waals surface area (Å²) in [6, 6.07) is 6.67. The van der Waals surface area contributed by atoms with Crippen molar-refractivity contribution in [2.45, 2.75) is 13.5 Å². The summed E-state index contributed by atoms with van der Waals surface area (Å²) >= 11 is 0. The summed E-state index contributed by atoms with van der Waals surface area (Å²) in [4.78, 5) is 0. The predicted octanol–water partition coefficient (Wildman–Crippen LogP) is 2.78. The van der Waals surface area contributed by atoms with Gasteiger partial charge >= 0.3 is 6.61 Å². The van der Waals surface area contributed by atoms with Crippen LogP contribution in [0.1, 0.15) is 5.56 Å². The van der Waals surface area contributed by atoms with Gasteiger partial charge in [-0.05, 0) is 30.7 Å². The second-order valence-electron chi connectivity index (χ2n) is 3.33. The van der Waals surface area contributed by atoms with Gasteiger partial charge in [-0.25, -0.2) is 4.68 Å². The first-order valence-electron chi connectivity index (χ1n) is 4.71. The van der Waals surface area contributed by atoms with Crippen LogP contribution in [0.15, 0.2) is 36.7 Å². The Hall–Kier alpha value is -1.91. The highest BCUT2D eigenvalue weighted by atomic mass is 19.3. The van der Waals surface area contributed by atoms with Crippen molar-refractivity contribution in [3.8, 4) is 11.4 Å². The van der Waals surface area contributed by atoms with E-state index in [9.17, 15) is 8.78 Å². The molecule has 2 rings (SSSR count). The fourth-order valence-electron chi connectivity index (χ4n) is 1.45. The Labute approximate surface area is 91.3 Å². The maximum atomic E-state index is 12.1. The van der Waals surface area contributed by atoms with Crippen LogP contribution in [0.3, 0.4) is 0 Å². The largest absolute Gasteiger partial charge is 0.435 e. The van der Waals surface area contributed by atoms with Crippen LogP contribution in [0.2, 0.25) is 0 Å². The molecule has 0 saturated heterocycles. The van der Waals surface area contributed by atoms with E-state index in [1.807, 2.05) is 13.0 Å². The number of alkyl halides is 2. The number of nitrogens with zero attached hydrogens (tertiary/aromatic N) is 2. The number of ether oxygens (including phenoxy) is 1. The van der Waals surface area contributed by atoms with Crippen molar-refractivity contribution in [3.05, 3.63) is 42.2 Å². The molecule has 0 aliphatic carbocycles. The van der Waals surface area contributed by atoms with Gasteiger partial charge in [0, 0.05) is 18.5 Å². The molecule has 1 aromatic carbocycles. The van der Waals surface area contributed by atoms with Crippen LogP contribution >= 0.6 is 0 Å². The number of hydrogen-bond donors (Lipinski definition) is 0. The normalized spacial score (nSPS) is 10.8. The van der Waals surface area contributed by atoms with Crippen molar-refractivity contribution in [1.82, 2.24) is 9.78 Å². The second-order valence-corrected chi connectivity index (χ2v) is 3.33. The van der Waals surface area contributed by atoms with Crippen LogP contribution in [0.5, 0.6) is 5.75 Å². The molecular formula is C11H10F2N2O. The molecule has 0 aliphatic heterocycles. The summed E-state index contributed by atoms with van der Waals surface area (Å²) < 4.78 is 30.1. The van der Waals surface area contributed by atoms with E-state index >= 15 is 0 Å². The van der Waals surface area contributed by atoms with E-state index in [1.54, 1.807) is 29.2 Å². The Morgan fingerprint density at radius 2 is 2.12 bits per heavy atom. The third-order valence-corrected chi connectivity index (χ3v) is 2.03. The van der Waals surface area contributed by atoms with Crippen LogP contribution in [0.25, 0.3) is 5.69 Å². The monoisotopic (exact) mass is 224 g/mol. The van der Waals surface area contributed by atoms with Crippen molar-refractivity contribution < 1.29 is 13.5 Å². The van der Waals surface area contributed by atoms with Gasteiger partial charge in [0.15, 0.2) is 0 Å². The Morgan fingerprint density at radius 3 is 2.75 bits per heavy atom. The Morgan fingerprint density at radius 1 is 1.31 bits per heavy atom. The second kappa shape index (κ2) is 4.30. The molecule has 0 unspecified atom stereocenters. The molecule has 0 bridgehead atoms. The quantitative estimate of drug-likeness (QED) is 0.801. The van der Waals surface area contributed by atoms with Crippen molar-refractivity contribution in [2.75, 3.05) is 0 Å². The highest BCUT2D eigenvalue weighted by molar-refractivity contribution is 5.42. The van der Waals surface area contributed by atoms with Gasteiger partial charge in [-0.3, -0.25) is 0 Å². The molecule has 1 heterocycles. The highest BCUT2D eigenvalue weighted by Gasteiger charge is 2.07. The minimum Gasteiger partial charge on any atom is -0.435 e. The van der Waals surface area contributed by atoms with Crippen LogP contribution in [0, 0.1) is 6.92 Å². The summed E-state index contributed by atoms with van der Waals surface area (Å²) in [6.07, 6.45) is 3.36. The van der Waals surface area contributed by atoms with Crippen LogP contribution < -0.4 is 4.74 Å². The third-order valence-electron chi connectivity index (χ3n) is 2.03. The highest BCUT2D eigenvalue weighted by Crippen LogP contribution is 2.20. The Kier molecular flexibility index (Phi) is 2.85. The summed E-state index contributed by atoms with van der Waals surface area (Å²) in [5.74, 6) is 0.139. The molecule has 0 saturated carbocycles. The summed E-state index contributed by atoms with van der Waals surface area (Å²) in [6.45, 7) is -1.00. The Balaban J connectivity index is 2.36. The van der Waals surface area contributed by atoms with Gasteiger partial charge < -0.3 is 4.74 Å². The molecule has 0 amide bonds. The first-order chi connectivity index (χ1) is 7.65. The number of hydrogen-bond acceptors (Lipinski definition) is 2. The maximum absolute atomic E-state index is 12.1. The van der Waals surface area contributed by atoms with Gasteiger partial charge in [0.25, 0.3) is 0 Å². The van der Waals surface area contributed by atoms with E-state index in [1.165, 1.54) is 6.07 Å². The van der Waals surface area contributed by atoms with Gasteiger partial charge in [-0.15, -0.1) is 0 Å². The molecule has 0 aliphatic rings. The minimum atomic E-state index is -2.81. The fourth-order valence-corrected chi connectivity index (χ4v) is 1.45. The SMILES string of the molecule is Cc1cc(OC(F)F)cc(-n2cccn2)c1. The minimum absolute atomic E-state index is 0.139. The molecule has 0 atom stereocenters. The Bertz CT molecular complexity index is 469. The maximum Gasteiger partial charge on any atom is 0.387 e. The first kappa shape index (κ1) is 10.6. The van der Waals surface area contributed by atoms with Gasteiger partial charge in [0.05, 0.1) is 5.69 Å². The van der Waals surface area contributed by atoms with Crippen LogP contribution in [-0.4, -0.2) is 16.4 Å². The van der Waals surface area contributed by atoms with Crippen LogP contribution in [-0.2, 0) is 0 Å². The number of halogens is 2. The number of aromatic nitrogens is 2. The van der Waals surface area contributed by atoms with Gasteiger partial charge in [-0.2, -0.15) is 13.9 Å². The van der Waals surface area contributed by atoms with Crippen LogP contribution in [0.4, 0.5) is 8.78 Å². The van der Waals surface area contributed by atoms with Gasteiger partial charge in [0.2, 0.25) is 0 Å². The van der Waals surface area contributed by atoms with E-state index in [2.05, 4.69) is 9.84 Å². The topological polar surface area (TPSA) is 27.1 Å². The van der Waals surface area contributed by atoms with Crippen molar-refractivity contribution in [1.29, 1.82) is 0 Å². The van der Waals surface area contributed by atoms with Gasteiger partial charge in [-0.1, -0.05) is 0 Å². The standard InChI is InChI=1S/C11H10F2N2O/c1-8-5-9(15-4-2-3-14-15)7-10(6-8)16-11(12)13/h2-7,11H,1H3. The number of benzene rings is 1. The number of aryl methyl sites for hydroxylation is 1. The molecule has 1 aromatic heterocycles. The fraction of sp³-hybridized carbons (Fsp3) is 0.182.